The van der Waals surface area contributed by atoms with Crippen molar-refractivity contribution >= 4 is 16.0 Å². The Balaban J connectivity index is 3.41. The van der Waals surface area contributed by atoms with Gasteiger partial charge in [0, 0.05) is 7.05 Å². The minimum absolute atomic E-state index is 0.0226. The molecule has 0 aliphatic rings. The van der Waals surface area contributed by atoms with Crippen molar-refractivity contribution in [2.75, 3.05) is 20.8 Å². The van der Waals surface area contributed by atoms with Gasteiger partial charge in [0.2, 0.25) is 10.0 Å². The average Bonchev–Trinajstić information content (AvgIpc) is 2.45. The van der Waals surface area contributed by atoms with Gasteiger partial charge < -0.3 is 9.84 Å². The number of aliphatic hydroxyl groups is 1. The van der Waals surface area contributed by atoms with Crippen LogP contribution in [0.5, 0.6) is 0 Å². The molecule has 0 atom stereocenters. The van der Waals surface area contributed by atoms with E-state index in [1.165, 1.54) is 26.3 Å². The fourth-order valence-corrected chi connectivity index (χ4v) is 3.45. The van der Waals surface area contributed by atoms with E-state index in [4.69, 9.17) is 0 Å². The summed E-state index contributed by atoms with van der Waals surface area (Å²) in [5.74, 6) is -0.601. The van der Waals surface area contributed by atoms with Gasteiger partial charge in [-0.05, 0) is 38.5 Å². The van der Waals surface area contributed by atoms with Crippen LogP contribution in [-0.2, 0) is 14.8 Å². The number of likely N-dealkylation sites (N-methyl/N-ethyl adjacent to an activating group) is 1. The number of hydrogen-bond donors (Lipinski definition) is 1. The Kier molecular flexibility index (Phi) is 5.14. The zero-order chi connectivity index (χ0) is 16.4. The molecule has 6 nitrogen and oxygen atoms in total. The Bertz CT molecular complexity index is 637. The van der Waals surface area contributed by atoms with Gasteiger partial charge in [-0.25, -0.2) is 13.2 Å². The number of aliphatic hydroxyl groups excluding tert-OH is 1. The molecular formula is C14H21NO5S. The number of nitrogens with zero attached hydrogens (tertiary/aromatic N) is 1. The first-order valence-electron chi connectivity index (χ1n) is 6.37. The van der Waals surface area contributed by atoms with E-state index in [1.807, 2.05) is 0 Å². The fourth-order valence-electron chi connectivity index (χ4n) is 1.70. The molecule has 0 amide bonds. The van der Waals surface area contributed by atoms with E-state index in [1.54, 1.807) is 26.8 Å². The van der Waals surface area contributed by atoms with Crippen LogP contribution in [0, 0.1) is 6.92 Å². The van der Waals surface area contributed by atoms with Crippen molar-refractivity contribution in [3.63, 3.8) is 0 Å². The van der Waals surface area contributed by atoms with E-state index >= 15 is 0 Å². The van der Waals surface area contributed by atoms with E-state index in [9.17, 15) is 18.3 Å². The predicted octanol–water partition coefficient (Wildman–Crippen LogP) is 1.17. The van der Waals surface area contributed by atoms with Crippen molar-refractivity contribution in [2.24, 2.45) is 0 Å². The Labute approximate surface area is 125 Å². The molecule has 0 fully saturated rings. The second kappa shape index (κ2) is 6.13. The second-order valence-corrected chi connectivity index (χ2v) is 7.35. The summed E-state index contributed by atoms with van der Waals surface area (Å²) in [6, 6.07) is 4.36. The minimum atomic E-state index is -3.84. The number of sulfonamides is 1. The molecule has 0 aliphatic heterocycles. The second-order valence-electron chi connectivity index (χ2n) is 5.41. The number of methoxy groups -OCH3 is 1. The highest BCUT2D eigenvalue weighted by molar-refractivity contribution is 7.89. The Morgan fingerprint density at radius 1 is 1.38 bits per heavy atom. The van der Waals surface area contributed by atoms with Crippen molar-refractivity contribution in [3.8, 4) is 0 Å². The number of benzene rings is 1. The van der Waals surface area contributed by atoms with E-state index in [2.05, 4.69) is 4.74 Å². The third-order valence-corrected chi connectivity index (χ3v) is 5.70. The number of rotatable bonds is 5. The van der Waals surface area contributed by atoms with E-state index in [0.29, 0.717) is 5.56 Å². The van der Waals surface area contributed by atoms with Crippen molar-refractivity contribution in [1.82, 2.24) is 4.31 Å². The lowest BCUT2D eigenvalue weighted by Gasteiger charge is -2.33. The van der Waals surface area contributed by atoms with Crippen LogP contribution in [0.1, 0.15) is 29.8 Å². The van der Waals surface area contributed by atoms with Crippen molar-refractivity contribution in [3.05, 3.63) is 29.3 Å². The van der Waals surface area contributed by atoms with Gasteiger partial charge in [0.15, 0.2) is 0 Å². The summed E-state index contributed by atoms with van der Waals surface area (Å²) in [7, 11) is -1.21. The van der Waals surface area contributed by atoms with Crippen LogP contribution in [0.2, 0.25) is 0 Å². The Morgan fingerprint density at radius 3 is 2.43 bits per heavy atom. The lowest BCUT2D eigenvalue weighted by molar-refractivity contribution is 0.0600. The van der Waals surface area contributed by atoms with Crippen LogP contribution in [0.3, 0.4) is 0 Å². The Morgan fingerprint density at radius 2 is 1.95 bits per heavy atom. The maximum absolute atomic E-state index is 12.7. The minimum Gasteiger partial charge on any atom is -0.465 e. The first-order chi connectivity index (χ1) is 9.57. The molecular weight excluding hydrogens is 294 g/mol. The molecule has 21 heavy (non-hydrogen) atoms. The molecule has 0 saturated heterocycles. The van der Waals surface area contributed by atoms with Crippen molar-refractivity contribution in [2.45, 2.75) is 31.2 Å². The SMILES string of the molecule is COC(=O)c1ccc(C)c(S(=O)(=O)N(C)C(C)(C)CO)c1. The van der Waals surface area contributed by atoms with Gasteiger partial charge in [-0.15, -0.1) is 0 Å². The first-order valence-corrected chi connectivity index (χ1v) is 7.81. The summed E-state index contributed by atoms with van der Waals surface area (Å²) in [4.78, 5) is 11.6. The van der Waals surface area contributed by atoms with E-state index < -0.39 is 21.5 Å². The van der Waals surface area contributed by atoms with E-state index in [-0.39, 0.29) is 17.1 Å². The predicted molar refractivity (Wildman–Crippen MR) is 78.6 cm³/mol. The van der Waals surface area contributed by atoms with Crippen LogP contribution >= 0.6 is 0 Å². The summed E-state index contributed by atoms with van der Waals surface area (Å²) in [5.41, 5.74) is -0.271. The molecule has 7 heteroatoms. The summed E-state index contributed by atoms with van der Waals surface area (Å²) in [5, 5.41) is 9.34. The fraction of sp³-hybridized carbons (Fsp3) is 0.500. The summed E-state index contributed by atoms with van der Waals surface area (Å²) < 4.78 is 31.1. The number of carbonyl (C=O) groups is 1. The van der Waals surface area contributed by atoms with Gasteiger partial charge in [-0.3, -0.25) is 0 Å². The standard InChI is InChI=1S/C14H21NO5S/c1-10-6-7-11(13(17)20-5)8-12(10)21(18,19)15(4)14(2,3)9-16/h6-8,16H,9H2,1-5H3. The van der Waals surface area contributed by atoms with Gasteiger partial charge in [0.1, 0.15) is 0 Å². The first kappa shape index (κ1) is 17.6. The van der Waals surface area contributed by atoms with Crippen LogP contribution in [0.25, 0.3) is 0 Å². The smallest absolute Gasteiger partial charge is 0.337 e. The maximum Gasteiger partial charge on any atom is 0.337 e. The normalized spacial score (nSPS) is 12.5. The number of carbonyl (C=O) groups excluding carboxylic acids is 1. The molecule has 118 valence electrons. The highest BCUT2D eigenvalue weighted by atomic mass is 32.2. The molecule has 0 aromatic heterocycles. The molecule has 0 radical (unpaired) electrons. The highest BCUT2D eigenvalue weighted by Gasteiger charge is 2.34. The average molecular weight is 315 g/mol. The van der Waals surface area contributed by atoms with E-state index in [0.717, 1.165) is 4.31 Å². The van der Waals surface area contributed by atoms with Gasteiger partial charge in [-0.2, -0.15) is 4.31 Å². The molecule has 0 spiro atoms. The molecule has 0 bridgehead atoms. The maximum atomic E-state index is 12.7. The quantitative estimate of drug-likeness (QED) is 0.825. The zero-order valence-corrected chi connectivity index (χ0v) is 13.7. The van der Waals surface area contributed by atoms with Gasteiger partial charge >= 0.3 is 5.97 Å². The number of hydrogen-bond acceptors (Lipinski definition) is 5. The number of aryl methyl sites for hydroxylation is 1. The van der Waals surface area contributed by atoms with Crippen molar-refractivity contribution in [1.29, 1.82) is 0 Å². The van der Waals surface area contributed by atoms with Gasteiger partial charge in [0.05, 0.1) is 29.7 Å². The lowest BCUT2D eigenvalue weighted by atomic mass is 10.1. The third kappa shape index (κ3) is 3.42. The summed E-state index contributed by atoms with van der Waals surface area (Å²) in [6.45, 7) is 4.56. The largest absolute Gasteiger partial charge is 0.465 e. The van der Waals surface area contributed by atoms with Gasteiger partial charge in [0.25, 0.3) is 0 Å². The molecule has 0 aliphatic carbocycles. The molecule has 0 heterocycles. The number of esters is 1. The van der Waals surface area contributed by atoms with Crippen LogP contribution in [0.15, 0.2) is 23.1 Å². The molecule has 0 saturated carbocycles. The van der Waals surface area contributed by atoms with Crippen LogP contribution < -0.4 is 0 Å². The molecule has 1 N–H and O–H groups in total. The van der Waals surface area contributed by atoms with Crippen LogP contribution in [0.4, 0.5) is 0 Å². The zero-order valence-electron chi connectivity index (χ0n) is 12.9. The van der Waals surface area contributed by atoms with Crippen LogP contribution in [-0.4, -0.2) is 50.1 Å². The molecule has 1 aromatic carbocycles. The topological polar surface area (TPSA) is 83.9 Å². The molecule has 1 aromatic rings. The Hall–Kier alpha value is -1.44. The summed E-state index contributed by atoms with van der Waals surface area (Å²) in [6.07, 6.45) is 0. The van der Waals surface area contributed by atoms with Crippen molar-refractivity contribution < 1.29 is 23.1 Å². The molecule has 1 rings (SSSR count). The lowest BCUT2D eigenvalue weighted by Crippen LogP contribution is -2.47. The highest BCUT2D eigenvalue weighted by Crippen LogP contribution is 2.26. The monoisotopic (exact) mass is 315 g/mol. The third-order valence-electron chi connectivity index (χ3n) is 3.49. The summed E-state index contributed by atoms with van der Waals surface area (Å²) >= 11 is 0. The van der Waals surface area contributed by atoms with Gasteiger partial charge in [-0.1, -0.05) is 6.07 Å². The number of ether oxygens (including phenoxy) is 1. The molecule has 0 unspecified atom stereocenters.